The highest BCUT2D eigenvalue weighted by molar-refractivity contribution is 5.99. The Morgan fingerprint density at radius 2 is 2.07 bits per heavy atom. The van der Waals surface area contributed by atoms with Crippen LogP contribution < -0.4 is 10.1 Å². The molecule has 2 rings (SSSR count). The highest BCUT2D eigenvalue weighted by Gasteiger charge is 2.42. The van der Waals surface area contributed by atoms with Crippen molar-refractivity contribution in [1.29, 1.82) is 0 Å². The van der Waals surface area contributed by atoms with E-state index in [1.54, 1.807) is 32.2 Å². The zero-order valence-electron chi connectivity index (χ0n) is 17.0. The maximum absolute atomic E-state index is 13.0. The lowest BCUT2D eigenvalue weighted by atomic mass is 9.78. The molecular formula is C21H31NO5. The summed E-state index contributed by atoms with van der Waals surface area (Å²) < 4.78 is 16.5. The third-order valence-electron chi connectivity index (χ3n) is 4.86. The number of ether oxygens (including phenoxy) is 3. The zero-order valence-corrected chi connectivity index (χ0v) is 17.0. The molecule has 0 radical (unpaired) electrons. The molecule has 1 N–H and O–H groups in total. The van der Waals surface area contributed by atoms with Crippen LogP contribution >= 0.6 is 0 Å². The molecule has 1 aliphatic carbocycles. The molecule has 1 saturated carbocycles. The first-order chi connectivity index (χ1) is 12.8. The molecule has 6 heteroatoms. The third-order valence-corrected chi connectivity index (χ3v) is 4.86. The van der Waals surface area contributed by atoms with Gasteiger partial charge in [-0.05, 0) is 64.2 Å². The van der Waals surface area contributed by atoms with Crippen LogP contribution in [0.4, 0.5) is 5.69 Å². The van der Waals surface area contributed by atoms with Crippen LogP contribution in [-0.4, -0.2) is 37.3 Å². The van der Waals surface area contributed by atoms with Gasteiger partial charge < -0.3 is 19.5 Å². The van der Waals surface area contributed by atoms with E-state index in [1.165, 1.54) is 0 Å². The standard InChI is InChI=1S/C21H31NO5/c1-6-26-19(23)17-12-16(9-10-18(17)27-14(2)3)22-20(24)21(25-5)11-7-8-15(4)13-21/h9-10,12,14-15H,6-8,11,13H2,1-5H3,(H,22,24). The number of hydrogen-bond acceptors (Lipinski definition) is 5. The lowest BCUT2D eigenvalue weighted by Crippen LogP contribution is -2.47. The molecule has 6 nitrogen and oxygen atoms in total. The number of hydrogen-bond donors (Lipinski definition) is 1. The molecule has 0 heterocycles. The number of benzene rings is 1. The second-order valence-corrected chi connectivity index (χ2v) is 7.45. The number of methoxy groups -OCH3 is 1. The summed E-state index contributed by atoms with van der Waals surface area (Å²) in [6, 6.07) is 5.02. The second-order valence-electron chi connectivity index (χ2n) is 7.45. The van der Waals surface area contributed by atoms with Crippen molar-refractivity contribution in [2.75, 3.05) is 19.0 Å². The molecule has 0 spiro atoms. The monoisotopic (exact) mass is 377 g/mol. The van der Waals surface area contributed by atoms with E-state index >= 15 is 0 Å². The number of carbonyl (C=O) groups is 2. The molecule has 27 heavy (non-hydrogen) atoms. The summed E-state index contributed by atoms with van der Waals surface area (Å²) in [4.78, 5) is 25.3. The summed E-state index contributed by atoms with van der Waals surface area (Å²) in [5.41, 5.74) is -0.00451. The van der Waals surface area contributed by atoms with Crippen molar-refractivity contribution in [3.8, 4) is 5.75 Å². The minimum atomic E-state index is -0.825. The maximum atomic E-state index is 13.0. The van der Waals surface area contributed by atoms with Crippen LogP contribution in [0.2, 0.25) is 0 Å². The van der Waals surface area contributed by atoms with Gasteiger partial charge >= 0.3 is 5.97 Å². The maximum Gasteiger partial charge on any atom is 0.341 e. The van der Waals surface area contributed by atoms with Crippen molar-refractivity contribution in [2.24, 2.45) is 5.92 Å². The predicted octanol–water partition coefficient (Wildman–Crippen LogP) is 4.18. The van der Waals surface area contributed by atoms with Gasteiger partial charge in [-0.2, -0.15) is 0 Å². The molecule has 1 amide bonds. The lowest BCUT2D eigenvalue weighted by molar-refractivity contribution is -0.143. The van der Waals surface area contributed by atoms with E-state index in [-0.39, 0.29) is 18.6 Å². The van der Waals surface area contributed by atoms with Gasteiger partial charge in [-0.25, -0.2) is 4.79 Å². The summed E-state index contributed by atoms with van der Waals surface area (Å²) in [6.07, 6.45) is 3.36. The minimum Gasteiger partial charge on any atom is -0.490 e. The molecule has 150 valence electrons. The van der Waals surface area contributed by atoms with Gasteiger partial charge in [0, 0.05) is 12.8 Å². The van der Waals surface area contributed by atoms with Gasteiger partial charge in [0.2, 0.25) is 0 Å². The number of anilines is 1. The molecule has 2 unspecified atom stereocenters. The van der Waals surface area contributed by atoms with E-state index in [4.69, 9.17) is 14.2 Å². The topological polar surface area (TPSA) is 73.9 Å². The Kier molecular flexibility index (Phi) is 7.25. The predicted molar refractivity (Wildman–Crippen MR) is 104 cm³/mol. The van der Waals surface area contributed by atoms with E-state index < -0.39 is 11.6 Å². The summed E-state index contributed by atoms with van der Waals surface area (Å²) in [6.45, 7) is 7.92. The third kappa shape index (κ3) is 5.22. The number of nitrogens with one attached hydrogen (secondary N) is 1. The summed E-state index contributed by atoms with van der Waals surface area (Å²) in [5.74, 6) is 0.219. The Hall–Kier alpha value is -2.08. The Balaban J connectivity index is 2.26. The highest BCUT2D eigenvalue weighted by atomic mass is 16.5. The summed E-state index contributed by atoms with van der Waals surface area (Å²) >= 11 is 0. The Morgan fingerprint density at radius 3 is 2.67 bits per heavy atom. The van der Waals surface area contributed by atoms with E-state index in [9.17, 15) is 9.59 Å². The fourth-order valence-electron chi connectivity index (χ4n) is 3.57. The first kappa shape index (κ1) is 21.2. The SMILES string of the molecule is CCOC(=O)c1cc(NC(=O)C2(OC)CCCC(C)C2)ccc1OC(C)C. The van der Waals surface area contributed by atoms with Crippen molar-refractivity contribution in [3.63, 3.8) is 0 Å². The molecule has 0 bridgehead atoms. The van der Waals surface area contributed by atoms with Gasteiger partial charge in [0.1, 0.15) is 16.9 Å². The van der Waals surface area contributed by atoms with Crippen LogP contribution in [0.3, 0.4) is 0 Å². The largest absolute Gasteiger partial charge is 0.490 e. The summed E-state index contributed by atoms with van der Waals surface area (Å²) in [5, 5.41) is 2.91. The van der Waals surface area contributed by atoms with Crippen molar-refractivity contribution in [3.05, 3.63) is 23.8 Å². The number of rotatable bonds is 7. The highest BCUT2D eigenvalue weighted by Crippen LogP contribution is 2.36. The minimum absolute atomic E-state index is 0.0842. The van der Waals surface area contributed by atoms with Crippen molar-refractivity contribution in [1.82, 2.24) is 0 Å². The Labute approximate surface area is 161 Å². The number of carbonyl (C=O) groups excluding carboxylic acids is 2. The van der Waals surface area contributed by atoms with E-state index in [2.05, 4.69) is 12.2 Å². The normalized spacial score (nSPS) is 22.4. The van der Waals surface area contributed by atoms with Crippen molar-refractivity contribution >= 4 is 17.6 Å². The molecule has 1 fully saturated rings. The number of esters is 1. The molecule has 1 aromatic rings. The first-order valence-corrected chi connectivity index (χ1v) is 9.65. The smallest absolute Gasteiger partial charge is 0.341 e. The molecule has 2 atom stereocenters. The van der Waals surface area contributed by atoms with Crippen LogP contribution in [0.5, 0.6) is 5.75 Å². The van der Waals surface area contributed by atoms with Gasteiger partial charge in [0.05, 0.1) is 12.7 Å². The molecule has 1 aliphatic rings. The van der Waals surface area contributed by atoms with Crippen molar-refractivity contribution < 1.29 is 23.8 Å². The fourth-order valence-corrected chi connectivity index (χ4v) is 3.57. The van der Waals surface area contributed by atoms with E-state index in [0.29, 0.717) is 35.8 Å². The van der Waals surface area contributed by atoms with Gasteiger partial charge in [0.15, 0.2) is 0 Å². The molecule has 1 aromatic carbocycles. The van der Waals surface area contributed by atoms with Crippen LogP contribution in [-0.2, 0) is 14.3 Å². The molecular weight excluding hydrogens is 346 g/mol. The van der Waals surface area contributed by atoms with Gasteiger partial charge in [-0.3, -0.25) is 4.79 Å². The molecule has 0 aliphatic heterocycles. The van der Waals surface area contributed by atoms with E-state index in [0.717, 1.165) is 12.8 Å². The van der Waals surface area contributed by atoms with Crippen LogP contribution in [0.25, 0.3) is 0 Å². The van der Waals surface area contributed by atoms with Crippen LogP contribution in [0.15, 0.2) is 18.2 Å². The average molecular weight is 377 g/mol. The van der Waals surface area contributed by atoms with Gasteiger partial charge in [0.25, 0.3) is 5.91 Å². The Morgan fingerprint density at radius 1 is 1.33 bits per heavy atom. The lowest BCUT2D eigenvalue weighted by Gasteiger charge is -2.37. The van der Waals surface area contributed by atoms with Gasteiger partial charge in [-0.15, -0.1) is 0 Å². The Bertz CT molecular complexity index is 673. The zero-order chi connectivity index (χ0) is 20.0. The molecule has 0 saturated heterocycles. The first-order valence-electron chi connectivity index (χ1n) is 9.65. The summed E-state index contributed by atoms with van der Waals surface area (Å²) in [7, 11) is 1.58. The second kappa shape index (κ2) is 9.22. The fraction of sp³-hybridized carbons (Fsp3) is 0.619. The van der Waals surface area contributed by atoms with Crippen LogP contribution in [0.1, 0.15) is 63.7 Å². The molecule has 0 aromatic heterocycles. The number of amides is 1. The van der Waals surface area contributed by atoms with Gasteiger partial charge in [-0.1, -0.05) is 13.3 Å². The average Bonchev–Trinajstić information content (AvgIpc) is 2.62. The quantitative estimate of drug-likeness (QED) is 0.722. The van der Waals surface area contributed by atoms with Crippen molar-refractivity contribution in [2.45, 2.75) is 65.1 Å². The van der Waals surface area contributed by atoms with Crippen LogP contribution in [0, 0.1) is 5.92 Å². The van der Waals surface area contributed by atoms with E-state index in [1.807, 2.05) is 13.8 Å².